The fourth-order valence-electron chi connectivity index (χ4n) is 5.40. The number of aliphatic carboxylic acids is 1. The minimum absolute atomic E-state index is 0.414. The largest absolute Gasteiger partial charge is 0.481 e. The molecule has 144 valence electrons. The first kappa shape index (κ1) is 19.2. The van der Waals surface area contributed by atoms with Crippen LogP contribution in [0.2, 0.25) is 0 Å². The smallest absolute Gasteiger partial charge is 0.303 e. The van der Waals surface area contributed by atoms with Crippen LogP contribution in [0.25, 0.3) is 0 Å². The predicted molar refractivity (Wildman–Crippen MR) is 100 cm³/mol. The molecule has 4 aliphatic carbocycles. The van der Waals surface area contributed by atoms with Crippen molar-refractivity contribution in [2.75, 3.05) is 6.61 Å². The number of carboxylic acid groups (broad SMARTS) is 1. The first-order valence-electron chi connectivity index (χ1n) is 11.0. The van der Waals surface area contributed by atoms with E-state index in [0.717, 1.165) is 36.0 Å². The van der Waals surface area contributed by atoms with Crippen LogP contribution >= 0.6 is 0 Å². The van der Waals surface area contributed by atoms with E-state index < -0.39 is 5.97 Å². The Bertz CT molecular complexity index is 377. The van der Waals surface area contributed by atoms with E-state index in [4.69, 9.17) is 10.2 Å². The van der Waals surface area contributed by atoms with Gasteiger partial charge in [0.25, 0.3) is 0 Å². The Morgan fingerprint density at radius 3 is 1.32 bits per heavy atom. The molecule has 0 atom stereocenters. The third kappa shape index (κ3) is 4.99. The highest BCUT2D eigenvalue weighted by Crippen LogP contribution is 2.46. The van der Waals surface area contributed by atoms with Gasteiger partial charge in [-0.1, -0.05) is 77.0 Å². The minimum Gasteiger partial charge on any atom is -0.481 e. The fourth-order valence-corrected chi connectivity index (χ4v) is 5.40. The summed E-state index contributed by atoms with van der Waals surface area (Å²) in [4.78, 5) is 10.7. The molecule has 0 spiro atoms. The van der Waals surface area contributed by atoms with Crippen molar-refractivity contribution < 1.29 is 15.0 Å². The summed E-state index contributed by atoms with van der Waals surface area (Å²) < 4.78 is 0. The fraction of sp³-hybridized carbons (Fsp3) is 0.955. The van der Waals surface area contributed by atoms with Gasteiger partial charge in [-0.15, -0.1) is 0 Å². The Balaban J connectivity index is 0.000000146. The highest BCUT2D eigenvalue weighted by atomic mass is 16.4. The summed E-state index contributed by atoms with van der Waals surface area (Å²) in [5, 5.41) is 17.8. The van der Waals surface area contributed by atoms with Crippen molar-refractivity contribution in [1.82, 2.24) is 0 Å². The molecule has 0 radical (unpaired) electrons. The van der Waals surface area contributed by atoms with Crippen molar-refractivity contribution in [2.24, 2.45) is 35.5 Å². The summed E-state index contributed by atoms with van der Waals surface area (Å²) >= 11 is 0. The van der Waals surface area contributed by atoms with Crippen LogP contribution in [0.3, 0.4) is 0 Å². The molecule has 4 saturated carbocycles. The molecular formula is C22H38O3. The maximum absolute atomic E-state index is 10.7. The summed E-state index contributed by atoms with van der Waals surface area (Å²) in [6.07, 6.45) is 18.0. The number of hydrogen-bond donors (Lipinski definition) is 2. The number of aliphatic hydroxyl groups is 1. The van der Waals surface area contributed by atoms with E-state index in [-0.39, 0.29) is 0 Å². The Labute approximate surface area is 153 Å². The Hall–Kier alpha value is -0.570. The van der Waals surface area contributed by atoms with E-state index in [1.165, 1.54) is 77.0 Å². The van der Waals surface area contributed by atoms with Gasteiger partial charge in [0.05, 0.1) is 0 Å². The second-order valence-corrected chi connectivity index (χ2v) is 9.20. The van der Waals surface area contributed by atoms with Crippen molar-refractivity contribution in [1.29, 1.82) is 0 Å². The molecule has 0 amide bonds. The van der Waals surface area contributed by atoms with Gasteiger partial charge in [-0.2, -0.15) is 0 Å². The van der Waals surface area contributed by atoms with Gasteiger partial charge in [0, 0.05) is 13.0 Å². The van der Waals surface area contributed by atoms with Crippen LogP contribution < -0.4 is 0 Å². The van der Waals surface area contributed by atoms with Gasteiger partial charge in [0.15, 0.2) is 0 Å². The predicted octanol–water partition coefficient (Wildman–Crippen LogP) is 5.26. The van der Waals surface area contributed by atoms with E-state index in [2.05, 4.69) is 0 Å². The van der Waals surface area contributed by atoms with Crippen molar-refractivity contribution >= 4 is 5.97 Å². The van der Waals surface area contributed by atoms with Gasteiger partial charge in [-0.05, 0) is 41.9 Å². The van der Waals surface area contributed by atoms with Gasteiger partial charge in [-0.3, -0.25) is 4.79 Å². The number of hydrogen-bond acceptors (Lipinski definition) is 2. The molecule has 0 heterocycles. The molecule has 0 aromatic heterocycles. The van der Waals surface area contributed by atoms with Crippen LogP contribution in [0.15, 0.2) is 0 Å². The molecule has 4 aliphatic rings. The van der Waals surface area contributed by atoms with Crippen molar-refractivity contribution in [3.05, 3.63) is 0 Å². The first-order valence-corrected chi connectivity index (χ1v) is 11.0. The molecule has 3 heteroatoms. The second kappa shape index (κ2) is 9.39. The lowest BCUT2D eigenvalue weighted by molar-refractivity contribution is -0.140. The van der Waals surface area contributed by atoms with E-state index in [1.807, 2.05) is 0 Å². The highest BCUT2D eigenvalue weighted by molar-refractivity contribution is 5.67. The van der Waals surface area contributed by atoms with Crippen LogP contribution in [0.5, 0.6) is 0 Å². The van der Waals surface area contributed by atoms with Crippen LogP contribution in [-0.2, 0) is 4.79 Å². The van der Waals surface area contributed by atoms with E-state index >= 15 is 0 Å². The third-order valence-corrected chi connectivity index (χ3v) is 7.89. The van der Waals surface area contributed by atoms with Crippen LogP contribution in [0.4, 0.5) is 0 Å². The molecule has 0 aliphatic heterocycles. The molecular weight excluding hydrogens is 312 g/mol. The summed E-state index contributed by atoms with van der Waals surface area (Å²) in [7, 11) is 0. The summed E-state index contributed by atoms with van der Waals surface area (Å²) in [6, 6.07) is 0. The normalized spacial score (nSPS) is 24.8. The number of aliphatic hydroxyl groups excluding tert-OH is 1. The number of carbonyl (C=O) groups is 1. The Morgan fingerprint density at radius 2 is 1.08 bits per heavy atom. The monoisotopic (exact) mass is 350 g/mol. The topological polar surface area (TPSA) is 57.5 Å². The van der Waals surface area contributed by atoms with Crippen LogP contribution in [0.1, 0.15) is 89.9 Å². The maximum atomic E-state index is 10.7. The second-order valence-electron chi connectivity index (χ2n) is 9.20. The van der Waals surface area contributed by atoms with Gasteiger partial charge in [0.2, 0.25) is 0 Å². The number of rotatable bonds is 8. The van der Waals surface area contributed by atoms with Gasteiger partial charge >= 0.3 is 5.97 Å². The number of carboxylic acids is 1. The summed E-state index contributed by atoms with van der Waals surface area (Å²) in [5.74, 6) is 4.29. The molecule has 3 nitrogen and oxygen atoms in total. The zero-order valence-electron chi connectivity index (χ0n) is 15.9. The van der Waals surface area contributed by atoms with E-state index in [0.29, 0.717) is 18.9 Å². The molecule has 2 N–H and O–H groups in total. The molecule has 0 aromatic rings. The standard InChI is InChI=1S/C11H18O2.C11H20O/c12-11(13)7-10(8-3-1-4-8)9-5-2-6-9;12-8-7-11(9-3-1-4-9)10-5-2-6-10/h8-10H,1-7H2,(H,12,13);9-12H,1-8H2. The molecule has 4 rings (SSSR count). The Kier molecular flexibility index (Phi) is 7.21. The quantitative estimate of drug-likeness (QED) is 0.627. The maximum Gasteiger partial charge on any atom is 0.303 e. The van der Waals surface area contributed by atoms with E-state index in [1.54, 1.807) is 0 Å². The van der Waals surface area contributed by atoms with Crippen molar-refractivity contribution in [3.8, 4) is 0 Å². The molecule has 0 unspecified atom stereocenters. The molecule has 25 heavy (non-hydrogen) atoms. The van der Waals surface area contributed by atoms with Gasteiger partial charge in [-0.25, -0.2) is 0 Å². The average Bonchev–Trinajstić information content (AvgIpc) is 2.30. The minimum atomic E-state index is -0.594. The zero-order chi connectivity index (χ0) is 17.6. The third-order valence-electron chi connectivity index (χ3n) is 7.89. The molecule has 0 saturated heterocycles. The molecule has 0 bridgehead atoms. The van der Waals surface area contributed by atoms with Crippen molar-refractivity contribution in [3.63, 3.8) is 0 Å². The van der Waals surface area contributed by atoms with Crippen molar-refractivity contribution in [2.45, 2.75) is 89.9 Å². The average molecular weight is 351 g/mol. The SMILES string of the molecule is O=C(O)CC(C1CCC1)C1CCC1.OCCC(C1CCC1)C1CCC1. The summed E-state index contributed by atoms with van der Waals surface area (Å²) in [5.41, 5.74) is 0. The summed E-state index contributed by atoms with van der Waals surface area (Å²) in [6.45, 7) is 0.414. The zero-order valence-corrected chi connectivity index (χ0v) is 15.9. The van der Waals surface area contributed by atoms with E-state index in [9.17, 15) is 4.79 Å². The first-order chi connectivity index (χ1) is 12.2. The molecule has 4 fully saturated rings. The Morgan fingerprint density at radius 1 is 0.720 bits per heavy atom. The molecule has 0 aromatic carbocycles. The lowest BCUT2D eigenvalue weighted by Crippen LogP contribution is -2.33. The van der Waals surface area contributed by atoms with Gasteiger partial charge < -0.3 is 10.2 Å². The highest BCUT2D eigenvalue weighted by Gasteiger charge is 2.37. The van der Waals surface area contributed by atoms with Crippen LogP contribution in [-0.4, -0.2) is 22.8 Å². The lowest BCUT2D eigenvalue weighted by Gasteiger charge is -2.42. The van der Waals surface area contributed by atoms with Gasteiger partial charge in [0.1, 0.15) is 0 Å². The lowest BCUT2D eigenvalue weighted by atomic mass is 9.63. The van der Waals surface area contributed by atoms with Crippen LogP contribution in [0, 0.1) is 35.5 Å².